The second-order valence-corrected chi connectivity index (χ2v) is 10.6. The summed E-state index contributed by atoms with van der Waals surface area (Å²) in [6, 6.07) is 8.15. The number of likely N-dealkylation sites (tertiary alicyclic amines) is 1. The molecule has 0 bridgehead atoms. The summed E-state index contributed by atoms with van der Waals surface area (Å²) in [5.74, 6) is -1.21. The van der Waals surface area contributed by atoms with Gasteiger partial charge in [-0.15, -0.1) is 0 Å². The number of fused-ring (bicyclic) bond motifs is 1. The Bertz CT molecular complexity index is 1120. The third kappa shape index (κ3) is 4.94. The number of piperidine rings is 1. The Morgan fingerprint density at radius 2 is 1.91 bits per heavy atom. The first-order valence-corrected chi connectivity index (χ1v) is 12.4. The molecule has 0 aromatic heterocycles. The number of urea groups is 1. The number of sulfone groups is 1. The van der Waals surface area contributed by atoms with Crippen molar-refractivity contribution >= 4 is 15.9 Å². The minimum Gasteiger partial charge on any atom is -0.334 e. The highest BCUT2D eigenvalue weighted by atomic mass is 32.2. The molecule has 2 aromatic rings. The van der Waals surface area contributed by atoms with E-state index in [4.69, 9.17) is 0 Å². The van der Waals surface area contributed by atoms with Gasteiger partial charge in [-0.1, -0.05) is 18.2 Å². The molecular formula is C23H27F2N3O3S. The zero-order valence-corrected chi connectivity index (χ0v) is 18.8. The summed E-state index contributed by atoms with van der Waals surface area (Å²) >= 11 is 0. The monoisotopic (exact) mass is 463 g/mol. The van der Waals surface area contributed by atoms with Crippen molar-refractivity contribution in [2.24, 2.45) is 0 Å². The lowest BCUT2D eigenvalue weighted by molar-refractivity contribution is 0.126. The molecule has 2 amide bonds. The largest absolute Gasteiger partial charge is 0.334 e. The third-order valence-corrected chi connectivity index (χ3v) is 8.10. The van der Waals surface area contributed by atoms with Crippen molar-refractivity contribution in [3.05, 3.63) is 64.7 Å². The van der Waals surface area contributed by atoms with Crippen LogP contribution in [0.2, 0.25) is 0 Å². The van der Waals surface area contributed by atoms with E-state index in [-0.39, 0.29) is 36.5 Å². The molecule has 0 saturated carbocycles. The van der Waals surface area contributed by atoms with Gasteiger partial charge in [-0.3, -0.25) is 0 Å². The lowest BCUT2D eigenvalue weighted by Crippen LogP contribution is -2.49. The maximum absolute atomic E-state index is 14.3. The number of rotatable bonds is 5. The summed E-state index contributed by atoms with van der Waals surface area (Å²) in [5, 5.41) is 2.90. The van der Waals surface area contributed by atoms with E-state index in [0.717, 1.165) is 43.1 Å². The molecule has 2 aliphatic rings. The molecule has 2 aliphatic heterocycles. The number of nitrogens with zero attached hydrogens (tertiary/aromatic N) is 2. The Hall–Kier alpha value is -2.52. The van der Waals surface area contributed by atoms with Gasteiger partial charge in [0, 0.05) is 24.2 Å². The SMILES string of the molecule is CN1CCC(N(Cc2ccc(F)cc2F)C(=O)NCc2ccc3c(c2)CCS3(=O)=O)CC1. The fourth-order valence-corrected chi connectivity index (χ4v) is 5.93. The summed E-state index contributed by atoms with van der Waals surface area (Å²) in [4.78, 5) is 17.3. The van der Waals surface area contributed by atoms with Gasteiger partial charge in [0.25, 0.3) is 0 Å². The smallest absolute Gasteiger partial charge is 0.318 e. The standard InChI is InChI=1S/C23H27F2N3O3S/c1-27-9-6-20(7-10-27)28(15-18-3-4-19(24)13-21(18)25)23(29)26-14-16-2-5-22-17(12-16)8-11-32(22,30)31/h2-5,12-13,20H,6-11,14-15H2,1H3,(H,26,29). The Morgan fingerprint density at radius 3 is 2.62 bits per heavy atom. The van der Waals surface area contributed by atoms with Crippen molar-refractivity contribution in [2.75, 3.05) is 25.9 Å². The highest BCUT2D eigenvalue weighted by Crippen LogP contribution is 2.27. The van der Waals surface area contributed by atoms with E-state index >= 15 is 0 Å². The fraction of sp³-hybridized carbons (Fsp3) is 0.435. The van der Waals surface area contributed by atoms with Crippen molar-refractivity contribution in [1.82, 2.24) is 15.1 Å². The van der Waals surface area contributed by atoms with Gasteiger partial charge in [0.15, 0.2) is 9.84 Å². The molecule has 0 atom stereocenters. The Labute approximate surface area is 187 Å². The number of aryl methyl sites for hydroxylation is 1. The van der Waals surface area contributed by atoms with Crippen LogP contribution < -0.4 is 5.32 Å². The number of hydrogen-bond acceptors (Lipinski definition) is 4. The third-order valence-electron chi connectivity index (χ3n) is 6.29. The minimum atomic E-state index is -3.19. The van der Waals surface area contributed by atoms with Crippen molar-refractivity contribution in [3.8, 4) is 0 Å². The lowest BCUT2D eigenvalue weighted by atomic mass is 10.0. The van der Waals surface area contributed by atoms with E-state index in [2.05, 4.69) is 10.2 Å². The second kappa shape index (κ2) is 9.15. The normalized spacial score (nSPS) is 18.3. The average Bonchev–Trinajstić information content (AvgIpc) is 3.06. The Kier molecular flexibility index (Phi) is 6.48. The molecule has 4 rings (SSSR count). The topological polar surface area (TPSA) is 69.7 Å². The van der Waals surface area contributed by atoms with Gasteiger partial charge in [-0.2, -0.15) is 0 Å². The quantitative estimate of drug-likeness (QED) is 0.740. The van der Waals surface area contributed by atoms with Crippen LogP contribution in [-0.4, -0.2) is 56.2 Å². The highest BCUT2D eigenvalue weighted by molar-refractivity contribution is 7.91. The summed E-state index contributed by atoms with van der Waals surface area (Å²) in [6.07, 6.45) is 2.01. The zero-order valence-electron chi connectivity index (χ0n) is 18.0. The van der Waals surface area contributed by atoms with Crippen LogP contribution in [0.1, 0.15) is 29.5 Å². The highest BCUT2D eigenvalue weighted by Gasteiger charge is 2.29. The van der Waals surface area contributed by atoms with Gasteiger partial charge < -0.3 is 15.1 Å². The molecule has 2 aromatic carbocycles. The van der Waals surface area contributed by atoms with Crippen LogP contribution in [0.3, 0.4) is 0 Å². The number of halogens is 2. The van der Waals surface area contributed by atoms with Gasteiger partial charge in [-0.05, 0) is 62.7 Å². The van der Waals surface area contributed by atoms with E-state index in [1.807, 2.05) is 13.1 Å². The molecule has 9 heteroatoms. The van der Waals surface area contributed by atoms with Gasteiger partial charge in [0.05, 0.1) is 17.2 Å². The van der Waals surface area contributed by atoms with Crippen LogP contribution in [0.4, 0.5) is 13.6 Å². The van der Waals surface area contributed by atoms with Gasteiger partial charge in [-0.25, -0.2) is 22.0 Å². The fourth-order valence-electron chi connectivity index (χ4n) is 4.38. The minimum absolute atomic E-state index is 0.0504. The first kappa shape index (κ1) is 22.7. The van der Waals surface area contributed by atoms with E-state index in [1.54, 1.807) is 17.0 Å². The number of benzene rings is 2. The lowest BCUT2D eigenvalue weighted by Gasteiger charge is -2.37. The van der Waals surface area contributed by atoms with Crippen molar-refractivity contribution in [3.63, 3.8) is 0 Å². The van der Waals surface area contributed by atoms with Crippen LogP contribution in [-0.2, 0) is 29.3 Å². The Balaban J connectivity index is 1.48. The van der Waals surface area contributed by atoms with Crippen LogP contribution in [0.15, 0.2) is 41.3 Å². The van der Waals surface area contributed by atoms with Gasteiger partial charge in [0.2, 0.25) is 0 Å². The maximum atomic E-state index is 14.3. The molecule has 2 heterocycles. The molecule has 1 saturated heterocycles. The summed E-state index contributed by atoms with van der Waals surface area (Å²) in [5.41, 5.74) is 1.85. The molecule has 32 heavy (non-hydrogen) atoms. The van der Waals surface area contributed by atoms with E-state index in [1.165, 1.54) is 12.1 Å². The van der Waals surface area contributed by atoms with Gasteiger partial charge >= 0.3 is 6.03 Å². The molecule has 0 unspecified atom stereocenters. The van der Waals surface area contributed by atoms with Crippen molar-refractivity contribution in [1.29, 1.82) is 0 Å². The molecule has 0 spiro atoms. The molecule has 172 valence electrons. The summed E-state index contributed by atoms with van der Waals surface area (Å²) in [6.45, 7) is 1.95. The van der Waals surface area contributed by atoms with Crippen LogP contribution in [0.5, 0.6) is 0 Å². The molecule has 0 aliphatic carbocycles. The van der Waals surface area contributed by atoms with E-state index in [0.29, 0.717) is 11.3 Å². The number of carbonyl (C=O) groups excluding carboxylic acids is 1. The number of nitrogens with one attached hydrogen (secondary N) is 1. The predicted molar refractivity (Wildman–Crippen MR) is 117 cm³/mol. The van der Waals surface area contributed by atoms with Gasteiger partial charge in [0.1, 0.15) is 11.6 Å². The van der Waals surface area contributed by atoms with E-state index in [9.17, 15) is 22.0 Å². The Morgan fingerprint density at radius 1 is 1.16 bits per heavy atom. The molecular weight excluding hydrogens is 436 g/mol. The zero-order chi connectivity index (χ0) is 22.9. The van der Waals surface area contributed by atoms with Crippen molar-refractivity contribution in [2.45, 2.75) is 43.3 Å². The van der Waals surface area contributed by atoms with Crippen LogP contribution in [0.25, 0.3) is 0 Å². The summed E-state index contributed by atoms with van der Waals surface area (Å²) < 4.78 is 51.6. The molecule has 0 radical (unpaired) electrons. The first-order chi connectivity index (χ1) is 15.2. The van der Waals surface area contributed by atoms with Crippen molar-refractivity contribution < 1.29 is 22.0 Å². The number of carbonyl (C=O) groups is 1. The molecule has 1 N–H and O–H groups in total. The van der Waals surface area contributed by atoms with E-state index < -0.39 is 21.5 Å². The average molecular weight is 464 g/mol. The first-order valence-electron chi connectivity index (χ1n) is 10.7. The number of hydrogen-bond donors (Lipinski definition) is 1. The number of amides is 2. The maximum Gasteiger partial charge on any atom is 0.318 e. The van der Waals surface area contributed by atoms with Crippen LogP contribution >= 0.6 is 0 Å². The summed E-state index contributed by atoms with van der Waals surface area (Å²) in [7, 11) is -1.17. The predicted octanol–water partition coefficient (Wildman–Crippen LogP) is 3.10. The van der Waals surface area contributed by atoms with Crippen LogP contribution in [0, 0.1) is 11.6 Å². The molecule has 1 fully saturated rings. The molecule has 6 nitrogen and oxygen atoms in total. The second-order valence-electron chi connectivity index (χ2n) is 8.57.